The molecule has 1 aliphatic heterocycles. The van der Waals surface area contributed by atoms with Crippen LogP contribution in [-0.4, -0.2) is 18.1 Å². The van der Waals surface area contributed by atoms with Gasteiger partial charge in [0.15, 0.2) is 0 Å². The Bertz CT molecular complexity index is 718. The third kappa shape index (κ3) is 2.45. The molecular weight excluding hydrogens is 282 g/mol. The van der Waals surface area contributed by atoms with Gasteiger partial charge in [-0.25, -0.2) is 0 Å². The number of nitrogens with zero attached hydrogens (tertiary/aromatic N) is 1. The Kier molecular flexibility index (Phi) is 3.63. The van der Waals surface area contributed by atoms with Gasteiger partial charge in [0.1, 0.15) is 23.3 Å². The number of methoxy groups -OCH3 is 1. The lowest BCUT2D eigenvalue weighted by Crippen LogP contribution is -2.37. The highest BCUT2D eigenvalue weighted by Crippen LogP contribution is 2.40. The summed E-state index contributed by atoms with van der Waals surface area (Å²) in [5.41, 5.74) is 1.43. The molecule has 22 heavy (non-hydrogen) atoms. The monoisotopic (exact) mass is 299 g/mol. The highest BCUT2D eigenvalue weighted by Gasteiger charge is 2.34. The number of phenolic OH excluding ortho intramolecular Hbond substituents is 1. The SMILES string of the molecule is COC1=CC(=O)N(c2cc(C)ccc2O)[C@@H](c2ccco2)C1. The van der Waals surface area contributed by atoms with Crippen molar-refractivity contribution >= 4 is 11.6 Å². The Labute approximate surface area is 128 Å². The van der Waals surface area contributed by atoms with Crippen LogP contribution in [0.1, 0.15) is 23.8 Å². The molecule has 0 bridgehead atoms. The van der Waals surface area contributed by atoms with Gasteiger partial charge in [-0.3, -0.25) is 9.69 Å². The summed E-state index contributed by atoms with van der Waals surface area (Å²) in [6.45, 7) is 1.91. The van der Waals surface area contributed by atoms with Crippen molar-refractivity contribution in [1.29, 1.82) is 0 Å². The minimum absolute atomic E-state index is 0.0600. The molecule has 1 atom stereocenters. The molecule has 0 saturated heterocycles. The number of anilines is 1. The van der Waals surface area contributed by atoms with E-state index in [9.17, 15) is 9.90 Å². The number of hydrogen-bond acceptors (Lipinski definition) is 4. The average Bonchev–Trinajstić information content (AvgIpc) is 3.03. The van der Waals surface area contributed by atoms with Gasteiger partial charge in [0, 0.05) is 12.5 Å². The lowest BCUT2D eigenvalue weighted by atomic mass is 10.0. The first-order valence-electron chi connectivity index (χ1n) is 7.01. The molecule has 0 saturated carbocycles. The van der Waals surface area contributed by atoms with Crippen LogP contribution in [0, 0.1) is 6.92 Å². The van der Waals surface area contributed by atoms with Crippen molar-refractivity contribution < 1.29 is 19.1 Å². The molecule has 1 aromatic carbocycles. The topological polar surface area (TPSA) is 62.9 Å². The molecule has 0 radical (unpaired) electrons. The van der Waals surface area contributed by atoms with E-state index in [1.165, 1.54) is 13.2 Å². The van der Waals surface area contributed by atoms with E-state index in [0.29, 0.717) is 23.6 Å². The van der Waals surface area contributed by atoms with Gasteiger partial charge in [0.05, 0.1) is 19.1 Å². The van der Waals surface area contributed by atoms with E-state index in [4.69, 9.17) is 9.15 Å². The average molecular weight is 299 g/mol. The number of amides is 1. The molecular formula is C17H17NO4. The highest BCUT2D eigenvalue weighted by atomic mass is 16.5. The van der Waals surface area contributed by atoms with Gasteiger partial charge >= 0.3 is 0 Å². The molecule has 0 unspecified atom stereocenters. The molecule has 5 nitrogen and oxygen atoms in total. The number of furan rings is 1. The summed E-state index contributed by atoms with van der Waals surface area (Å²) in [5, 5.41) is 10.2. The van der Waals surface area contributed by atoms with Crippen molar-refractivity contribution in [3.8, 4) is 5.75 Å². The molecule has 0 spiro atoms. The smallest absolute Gasteiger partial charge is 0.255 e. The predicted octanol–water partition coefficient (Wildman–Crippen LogP) is 3.30. The van der Waals surface area contributed by atoms with Crippen LogP contribution >= 0.6 is 0 Å². The number of phenols is 1. The first-order valence-corrected chi connectivity index (χ1v) is 7.01. The maximum atomic E-state index is 12.5. The molecule has 0 fully saturated rings. The second-order valence-corrected chi connectivity index (χ2v) is 5.25. The fourth-order valence-electron chi connectivity index (χ4n) is 2.67. The zero-order valence-corrected chi connectivity index (χ0v) is 12.4. The summed E-state index contributed by atoms with van der Waals surface area (Å²) < 4.78 is 10.7. The van der Waals surface area contributed by atoms with Gasteiger partial charge in [-0.1, -0.05) is 6.07 Å². The highest BCUT2D eigenvalue weighted by molar-refractivity contribution is 6.04. The van der Waals surface area contributed by atoms with Crippen molar-refractivity contribution in [2.24, 2.45) is 0 Å². The van der Waals surface area contributed by atoms with Crippen molar-refractivity contribution in [3.05, 3.63) is 59.8 Å². The van der Waals surface area contributed by atoms with Crippen LogP contribution in [-0.2, 0) is 9.53 Å². The van der Waals surface area contributed by atoms with Crippen LogP contribution in [0.4, 0.5) is 5.69 Å². The van der Waals surface area contributed by atoms with E-state index in [0.717, 1.165) is 5.56 Å². The molecule has 1 amide bonds. The summed E-state index contributed by atoms with van der Waals surface area (Å²) in [6.07, 6.45) is 3.50. The van der Waals surface area contributed by atoms with Crippen LogP contribution in [0.3, 0.4) is 0 Å². The Morgan fingerprint density at radius 3 is 2.86 bits per heavy atom. The Morgan fingerprint density at radius 2 is 2.18 bits per heavy atom. The van der Waals surface area contributed by atoms with Gasteiger partial charge in [-0.2, -0.15) is 0 Å². The summed E-state index contributed by atoms with van der Waals surface area (Å²) in [4.78, 5) is 14.1. The van der Waals surface area contributed by atoms with E-state index in [-0.39, 0.29) is 17.7 Å². The van der Waals surface area contributed by atoms with Crippen molar-refractivity contribution in [2.75, 3.05) is 12.0 Å². The molecule has 1 aromatic heterocycles. The van der Waals surface area contributed by atoms with Crippen LogP contribution in [0.15, 0.2) is 52.8 Å². The molecule has 1 N–H and O–H groups in total. The Morgan fingerprint density at radius 1 is 1.36 bits per heavy atom. The van der Waals surface area contributed by atoms with Crippen LogP contribution < -0.4 is 4.90 Å². The minimum Gasteiger partial charge on any atom is -0.506 e. The number of aryl methyl sites for hydroxylation is 1. The molecule has 3 rings (SSSR count). The second kappa shape index (κ2) is 5.60. The molecule has 114 valence electrons. The number of benzene rings is 1. The standard InChI is InChI=1S/C17H17NO4/c1-11-5-6-15(19)13(8-11)18-14(16-4-3-7-22-16)9-12(21-2)10-17(18)20/h3-8,10,14,19H,9H2,1-2H3/t14-/m1/s1. The largest absolute Gasteiger partial charge is 0.506 e. The maximum Gasteiger partial charge on any atom is 0.255 e. The summed E-state index contributed by atoms with van der Waals surface area (Å²) in [6, 6.07) is 8.41. The first kappa shape index (κ1) is 14.3. The minimum atomic E-state index is -0.352. The van der Waals surface area contributed by atoms with Gasteiger partial charge in [0.2, 0.25) is 0 Å². The molecule has 0 aliphatic carbocycles. The number of rotatable bonds is 3. The third-order valence-corrected chi connectivity index (χ3v) is 3.75. The maximum absolute atomic E-state index is 12.5. The molecule has 5 heteroatoms. The Balaban J connectivity index is 2.11. The lowest BCUT2D eigenvalue weighted by molar-refractivity contribution is -0.115. The number of carbonyl (C=O) groups excluding carboxylic acids is 1. The lowest BCUT2D eigenvalue weighted by Gasteiger charge is -2.34. The normalized spacial score (nSPS) is 18.3. The van der Waals surface area contributed by atoms with Gasteiger partial charge in [-0.15, -0.1) is 0 Å². The summed E-state index contributed by atoms with van der Waals surface area (Å²) in [7, 11) is 1.54. The van der Waals surface area contributed by atoms with E-state index < -0.39 is 0 Å². The number of aromatic hydroxyl groups is 1. The molecule has 1 aliphatic rings. The summed E-state index contributed by atoms with van der Waals surface area (Å²) >= 11 is 0. The first-order chi connectivity index (χ1) is 10.6. The second-order valence-electron chi connectivity index (χ2n) is 5.25. The number of hydrogen-bond donors (Lipinski definition) is 1. The quantitative estimate of drug-likeness (QED) is 0.944. The molecule has 2 aromatic rings. The zero-order valence-electron chi connectivity index (χ0n) is 12.4. The van der Waals surface area contributed by atoms with Gasteiger partial charge in [-0.05, 0) is 36.8 Å². The van der Waals surface area contributed by atoms with Crippen LogP contribution in [0.25, 0.3) is 0 Å². The molecule has 2 heterocycles. The van der Waals surface area contributed by atoms with Crippen molar-refractivity contribution in [2.45, 2.75) is 19.4 Å². The van der Waals surface area contributed by atoms with E-state index in [2.05, 4.69) is 0 Å². The van der Waals surface area contributed by atoms with E-state index >= 15 is 0 Å². The zero-order chi connectivity index (χ0) is 15.7. The summed E-state index contributed by atoms with van der Waals surface area (Å²) in [5.74, 6) is 1.06. The van der Waals surface area contributed by atoms with Crippen LogP contribution in [0.2, 0.25) is 0 Å². The van der Waals surface area contributed by atoms with Crippen molar-refractivity contribution in [1.82, 2.24) is 0 Å². The van der Waals surface area contributed by atoms with Gasteiger partial charge in [0.25, 0.3) is 5.91 Å². The van der Waals surface area contributed by atoms with E-state index in [1.54, 1.807) is 35.4 Å². The third-order valence-electron chi connectivity index (χ3n) is 3.75. The fraction of sp³-hybridized carbons (Fsp3) is 0.235. The van der Waals surface area contributed by atoms with Gasteiger partial charge < -0.3 is 14.3 Å². The van der Waals surface area contributed by atoms with Crippen molar-refractivity contribution in [3.63, 3.8) is 0 Å². The van der Waals surface area contributed by atoms with E-state index in [1.807, 2.05) is 13.0 Å². The number of ether oxygens (including phenoxy) is 1. The Hall–Kier alpha value is -2.69. The number of carbonyl (C=O) groups is 1. The predicted molar refractivity (Wildman–Crippen MR) is 81.5 cm³/mol. The van der Waals surface area contributed by atoms with Crippen LogP contribution in [0.5, 0.6) is 5.75 Å². The fourth-order valence-corrected chi connectivity index (χ4v) is 2.67.